The third-order valence-corrected chi connectivity index (χ3v) is 2.53. The second-order valence-electron chi connectivity index (χ2n) is 3.63. The van der Waals surface area contributed by atoms with Crippen LogP contribution in [0.4, 0.5) is 5.95 Å². The van der Waals surface area contributed by atoms with Gasteiger partial charge in [0.05, 0.1) is 25.7 Å². The minimum absolute atomic E-state index is 0.178. The summed E-state index contributed by atoms with van der Waals surface area (Å²) in [5.41, 5.74) is 6.75. The molecule has 2 aromatic heterocycles. The van der Waals surface area contributed by atoms with Gasteiger partial charge in [-0.2, -0.15) is 4.98 Å². The van der Waals surface area contributed by atoms with Crippen LogP contribution in [0, 0.1) is 0 Å². The predicted molar refractivity (Wildman–Crippen MR) is 56.7 cm³/mol. The number of anilines is 1. The Kier molecular flexibility index (Phi) is 2.39. The van der Waals surface area contributed by atoms with Crippen LogP contribution >= 0.6 is 0 Å². The first kappa shape index (κ1) is 10.4. The molecule has 0 aromatic carbocycles. The summed E-state index contributed by atoms with van der Waals surface area (Å²) in [7, 11) is 0. The van der Waals surface area contributed by atoms with Crippen LogP contribution in [0.3, 0.4) is 0 Å². The number of hydrogen-bond acceptors (Lipinski definition) is 7. The van der Waals surface area contributed by atoms with Gasteiger partial charge in [0.15, 0.2) is 18.2 Å². The van der Waals surface area contributed by atoms with Crippen LogP contribution in [0.2, 0.25) is 0 Å². The van der Waals surface area contributed by atoms with Gasteiger partial charge in [-0.15, -0.1) is 0 Å². The monoisotopic (exact) mass is 237 g/mol. The van der Waals surface area contributed by atoms with Crippen molar-refractivity contribution in [1.82, 2.24) is 19.5 Å². The van der Waals surface area contributed by atoms with Crippen molar-refractivity contribution >= 4 is 17.1 Å². The molecule has 3 N–H and O–H groups in total. The number of ether oxygens (including phenoxy) is 2. The Hall–Kier alpha value is -1.77. The Labute approximate surface area is 96.0 Å². The topological polar surface area (TPSA) is 108 Å². The van der Waals surface area contributed by atoms with E-state index in [1.54, 1.807) is 17.1 Å². The maximum Gasteiger partial charge on any atom is 0.222 e. The van der Waals surface area contributed by atoms with E-state index in [0.717, 1.165) is 0 Å². The Bertz CT molecular complexity index is 542. The second-order valence-corrected chi connectivity index (χ2v) is 3.63. The molecule has 8 nitrogen and oxygen atoms in total. The first-order chi connectivity index (χ1) is 8.28. The lowest BCUT2D eigenvalue weighted by Crippen LogP contribution is -2.15. The third-order valence-electron chi connectivity index (χ3n) is 2.53. The molecule has 1 fully saturated rings. The van der Waals surface area contributed by atoms with Crippen LogP contribution < -0.4 is 5.73 Å². The molecule has 1 saturated heterocycles. The zero-order valence-electron chi connectivity index (χ0n) is 8.85. The molecule has 8 heteroatoms. The van der Waals surface area contributed by atoms with Gasteiger partial charge in [0.1, 0.15) is 5.52 Å². The molecule has 0 unspecified atom stereocenters. The van der Waals surface area contributed by atoms with Crippen molar-refractivity contribution in [1.29, 1.82) is 0 Å². The Morgan fingerprint density at radius 2 is 2.41 bits per heavy atom. The minimum atomic E-state index is -0.600. The Balaban J connectivity index is 1.98. The van der Waals surface area contributed by atoms with Gasteiger partial charge in [0, 0.05) is 0 Å². The highest BCUT2D eigenvalue weighted by Gasteiger charge is 2.28. The number of fused-ring (bicyclic) bond motifs is 1. The largest absolute Gasteiger partial charge is 0.391 e. The fourth-order valence-electron chi connectivity index (χ4n) is 1.74. The van der Waals surface area contributed by atoms with Crippen molar-refractivity contribution in [3.05, 3.63) is 12.5 Å². The zero-order valence-corrected chi connectivity index (χ0v) is 8.85. The van der Waals surface area contributed by atoms with Gasteiger partial charge in [0.2, 0.25) is 5.95 Å². The summed E-state index contributed by atoms with van der Waals surface area (Å²) in [6.45, 7) is 0.154. The van der Waals surface area contributed by atoms with E-state index in [1.165, 1.54) is 0 Å². The summed E-state index contributed by atoms with van der Waals surface area (Å²) in [6.07, 6.45) is 2.18. The summed E-state index contributed by atoms with van der Waals surface area (Å²) in [6, 6.07) is 0. The first-order valence-electron chi connectivity index (χ1n) is 5.11. The molecule has 17 heavy (non-hydrogen) atoms. The number of imidazole rings is 1. The number of rotatable bonds is 2. The standard InChI is InChI=1S/C9H11N5O3/c10-9-11-1-5-8(13-9)14(4-12-5)6-3-16-7(2-15)17-6/h1,4,6-7,15H,2-3H2,(H2,10,11,13)/t6-,7-/m0/s1. The molecule has 0 amide bonds. The summed E-state index contributed by atoms with van der Waals surface area (Å²) >= 11 is 0. The maximum absolute atomic E-state index is 8.92. The van der Waals surface area contributed by atoms with Crippen molar-refractivity contribution in [3.8, 4) is 0 Å². The first-order valence-corrected chi connectivity index (χ1v) is 5.11. The molecule has 90 valence electrons. The van der Waals surface area contributed by atoms with Crippen LogP contribution in [0.1, 0.15) is 6.23 Å². The van der Waals surface area contributed by atoms with Crippen LogP contribution in [0.25, 0.3) is 11.2 Å². The van der Waals surface area contributed by atoms with E-state index in [9.17, 15) is 0 Å². The highest BCUT2D eigenvalue weighted by molar-refractivity contribution is 5.70. The van der Waals surface area contributed by atoms with Crippen LogP contribution in [0.5, 0.6) is 0 Å². The van der Waals surface area contributed by atoms with Crippen molar-refractivity contribution in [2.24, 2.45) is 0 Å². The molecule has 2 aromatic rings. The lowest BCUT2D eigenvalue weighted by atomic mass is 10.5. The number of hydrogen-bond donors (Lipinski definition) is 2. The smallest absolute Gasteiger partial charge is 0.222 e. The van der Waals surface area contributed by atoms with Crippen LogP contribution in [-0.4, -0.2) is 44.1 Å². The number of aromatic nitrogens is 4. The van der Waals surface area contributed by atoms with Gasteiger partial charge in [0.25, 0.3) is 0 Å². The van der Waals surface area contributed by atoms with E-state index in [4.69, 9.17) is 20.3 Å². The summed E-state index contributed by atoms with van der Waals surface area (Å²) < 4.78 is 12.4. The van der Waals surface area contributed by atoms with E-state index in [-0.39, 0.29) is 18.8 Å². The number of aliphatic hydroxyl groups excluding tert-OH is 1. The number of aliphatic hydroxyl groups is 1. The van der Waals surface area contributed by atoms with E-state index in [1.807, 2.05) is 0 Å². The van der Waals surface area contributed by atoms with E-state index < -0.39 is 6.29 Å². The van der Waals surface area contributed by atoms with E-state index in [2.05, 4.69) is 15.0 Å². The Morgan fingerprint density at radius 1 is 1.53 bits per heavy atom. The van der Waals surface area contributed by atoms with Crippen molar-refractivity contribution in [3.63, 3.8) is 0 Å². The summed E-state index contributed by atoms with van der Waals surface area (Å²) in [5.74, 6) is 0.178. The van der Waals surface area contributed by atoms with Gasteiger partial charge >= 0.3 is 0 Å². The number of nitrogens with two attached hydrogens (primary N) is 1. The molecule has 3 rings (SSSR count). The second kappa shape index (κ2) is 3.91. The summed E-state index contributed by atoms with van der Waals surface area (Å²) in [4.78, 5) is 12.1. The van der Waals surface area contributed by atoms with Crippen molar-refractivity contribution in [2.75, 3.05) is 18.9 Å². The van der Waals surface area contributed by atoms with Gasteiger partial charge in [-0.05, 0) is 0 Å². The normalized spacial score (nSPS) is 24.5. The molecular weight excluding hydrogens is 226 g/mol. The molecule has 0 spiro atoms. The quantitative estimate of drug-likeness (QED) is 0.708. The van der Waals surface area contributed by atoms with Crippen molar-refractivity contribution in [2.45, 2.75) is 12.5 Å². The predicted octanol–water partition coefficient (Wildman–Crippen LogP) is -0.728. The zero-order chi connectivity index (χ0) is 11.8. The SMILES string of the molecule is Nc1ncc2ncn([C@@H]3CO[C@H](CO)O3)c2n1. The molecule has 3 heterocycles. The molecule has 0 aliphatic carbocycles. The third kappa shape index (κ3) is 1.71. The molecular formula is C9H11N5O3. The average Bonchev–Trinajstić information content (AvgIpc) is 2.93. The minimum Gasteiger partial charge on any atom is -0.391 e. The van der Waals surface area contributed by atoms with Gasteiger partial charge in [-0.3, -0.25) is 4.57 Å². The molecule has 0 bridgehead atoms. The molecule has 2 atom stereocenters. The number of nitrogens with zero attached hydrogens (tertiary/aromatic N) is 4. The van der Waals surface area contributed by atoms with Crippen LogP contribution in [0.15, 0.2) is 12.5 Å². The lowest BCUT2D eigenvalue weighted by Gasteiger charge is -2.11. The summed E-state index contributed by atoms with van der Waals surface area (Å²) in [5, 5.41) is 8.92. The van der Waals surface area contributed by atoms with Gasteiger partial charge < -0.3 is 20.3 Å². The van der Waals surface area contributed by atoms with Crippen molar-refractivity contribution < 1.29 is 14.6 Å². The molecule has 1 aliphatic rings. The Morgan fingerprint density at radius 3 is 3.18 bits per heavy atom. The molecule has 1 aliphatic heterocycles. The fraction of sp³-hybridized carbons (Fsp3) is 0.444. The molecule has 0 saturated carbocycles. The highest BCUT2D eigenvalue weighted by Crippen LogP contribution is 2.24. The van der Waals surface area contributed by atoms with E-state index in [0.29, 0.717) is 17.8 Å². The fourth-order valence-corrected chi connectivity index (χ4v) is 1.74. The molecule has 0 radical (unpaired) electrons. The lowest BCUT2D eigenvalue weighted by molar-refractivity contribution is -0.0980. The van der Waals surface area contributed by atoms with Gasteiger partial charge in [-0.1, -0.05) is 0 Å². The highest BCUT2D eigenvalue weighted by atomic mass is 16.7. The van der Waals surface area contributed by atoms with Gasteiger partial charge in [-0.25, -0.2) is 9.97 Å². The average molecular weight is 237 g/mol. The van der Waals surface area contributed by atoms with E-state index >= 15 is 0 Å². The van der Waals surface area contributed by atoms with Crippen LogP contribution in [-0.2, 0) is 9.47 Å². The number of nitrogen functional groups attached to an aromatic ring is 1. The maximum atomic E-state index is 8.92.